The maximum absolute atomic E-state index is 13.2. The monoisotopic (exact) mass is 531 g/mol. The fraction of sp³-hybridized carbons (Fsp3) is 0.810. The first-order valence-corrected chi connectivity index (χ1v) is 11.5. The Hall–Kier alpha value is -2.42. The van der Waals surface area contributed by atoms with Crippen molar-refractivity contribution in [2.45, 2.75) is 76.4 Å². The Balaban J connectivity index is 1.76. The van der Waals surface area contributed by atoms with E-state index in [0.29, 0.717) is 25.8 Å². The molecule has 1 aliphatic carbocycles. The Bertz CT molecular complexity index is 875. The summed E-state index contributed by atoms with van der Waals surface area (Å²) in [4.78, 5) is 51.5. The summed E-state index contributed by atoms with van der Waals surface area (Å²) >= 11 is 0. The quantitative estimate of drug-likeness (QED) is 0.416. The molecule has 0 radical (unpaired) electrons. The molecule has 9 nitrogen and oxygen atoms in total. The average molecular weight is 531 g/mol. The van der Waals surface area contributed by atoms with E-state index in [4.69, 9.17) is 0 Å². The summed E-state index contributed by atoms with van der Waals surface area (Å²) < 4.78 is 83.2. The van der Waals surface area contributed by atoms with E-state index < -0.39 is 72.4 Å². The lowest BCUT2D eigenvalue weighted by Gasteiger charge is -2.29. The van der Waals surface area contributed by atoms with Crippen LogP contribution in [0.3, 0.4) is 0 Å². The van der Waals surface area contributed by atoms with Crippen LogP contribution in [0.5, 0.6) is 0 Å². The Kier molecular flexibility index (Phi) is 8.23. The van der Waals surface area contributed by atoms with Gasteiger partial charge in [0, 0.05) is 19.0 Å². The number of nitrogens with one attached hydrogen (secondary N) is 2. The Morgan fingerprint density at radius 1 is 1.17 bits per heavy atom. The third kappa shape index (κ3) is 7.31. The van der Waals surface area contributed by atoms with E-state index in [1.165, 1.54) is 6.92 Å². The maximum Gasteiger partial charge on any atom is 0.523 e. The molecular formula is C21H27F6N3O6. The standard InChI is InChI=1S/C21H27F6N3O6/c1-2-15(36-21(25,26)27)18(34)30-10-19(4-5-19)8-13(30)17(33)29-12(7-11-3-6-28-16(11)32)14(31)9-35-20(22,23)24/h11-13,15H,2-10H2,1H3,(H,28,32)(H,29,33)/t11-,12-,13-,15+/m0/s1. The molecule has 2 aliphatic heterocycles. The summed E-state index contributed by atoms with van der Waals surface area (Å²) in [5, 5.41) is 4.85. The second-order valence-corrected chi connectivity index (χ2v) is 9.42. The van der Waals surface area contributed by atoms with E-state index in [0.717, 1.165) is 4.90 Å². The molecule has 0 aromatic rings. The van der Waals surface area contributed by atoms with Crippen molar-refractivity contribution < 1.29 is 55.0 Å². The molecule has 3 fully saturated rings. The van der Waals surface area contributed by atoms with Crippen molar-refractivity contribution in [1.29, 1.82) is 0 Å². The first-order valence-electron chi connectivity index (χ1n) is 11.5. The van der Waals surface area contributed by atoms with Crippen LogP contribution in [0.15, 0.2) is 0 Å². The van der Waals surface area contributed by atoms with E-state index in [1.807, 2.05) is 0 Å². The van der Waals surface area contributed by atoms with Crippen molar-refractivity contribution in [2.24, 2.45) is 11.3 Å². The maximum atomic E-state index is 13.2. The minimum absolute atomic E-state index is 0.0163. The number of likely N-dealkylation sites (tertiary alicyclic amines) is 1. The summed E-state index contributed by atoms with van der Waals surface area (Å²) in [7, 11) is 0. The van der Waals surface area contributed by atoms with Gasteiger partial charge in [-0.3, -0.25) is 28.7 Å². The second kappa shape index (κ2) is 10.5. The van der Waals surface area contributed by atoms with Crippen LogP contribution in [-0.2, 0) is 28.7 Å². The Morgan fingerprint density at radius 3 is 2.33 bits per heavy atom. The molecule has 2 heterocycles. The smallest absolute Gasteiger partial charge is 0.356 e. The van der Waals surface area contributed by atoms with Crippen LogP contribution in [-0.4, -0.2) is 79.0 Å². The number of hydrogen-bond acceptors (Lipinski definition) is 6. The van der Waals surface area contributed by atoms with E-state index >= 15 is 0 Å². The molecule has 3 amide bonds. The van der Waals surface area contributed by atoms with Gasteiger partial charge in [-0.15, -0.1) is 26.3 Å². The molecule has 36 heavy (non-hydrogen) atoms. The molecule has 0 aromatic heterocycles. The van der Waals surface area contributed by atoms with Gasteiger partial charge in [0.05, 0.1) is 6.04 Å². The third-order valence-electron chi connectivity index (χ3n) is 6.74. The summed E-state index contributed by atoms with van der Waals surface area (Å²) in [5.41, 5.74) is -0.446. The molecule has 1 spiro atoms. The molecule has 2 saturated heterocycles. The number of halogens is 6. The number of ketones is 1. The highest BCUT2D eigenvalue weighted by molar-refractivity contribution is 5.95. The third-order valence-corrected chi connectivity index (χ3v) is 6.74. The summed E-state index contributed by atoms with van der Waals surface area (Å²) in [6.45, 7) is 0.219. The zero-order chi connectivity index (χ0) is 26.9. The molecule has 4 atom stereocenters. The lowest BCUT2D eigenvalue weighted by atomic mass is 9.95. The molecule has 204 valence electrons. The van der Waals surface area contributed by atoms with E-state index in [-0.39, 0.29) is 25.8 Å². The van der Waals surface area contributed by atoms with Crippen molar-refractivity contribution in [2.75, 3.05) is 19.7 Å². The molecular weight excluding hydrogens is 504 g/mol. The van der Waals surface area contributed by atoms with E-state index in [1.54, 1.807) is 0 Å². The van der Waals surface area contributed by atoms with Gasteiger partial charge in [0.15, 0.2) is 5.78 Å². The number of hydrogen-bond donors (Lipinski definition) is 2. The number of nitrogens with zero attached hydrogens (tertiary/aromatic N) is 1. The van der Waals surface area contributed by atoms with Gasteiger partial charge in [-0.25, -0.2) is 0 Å². The number of rotatable bonds is 10. The van der Waals surface area contributed by atoms with Gasteiger partial charge in [-0.05, 0) is 43.9 Å². The van der Waals surface area contributed by atoms with Crippen LogP contribution in [0.2, 0.25) is 0 Å². The van der Waals surface area contributed by atoms with Gasteiger partial charge in [-0.1, -0.05) is 6.92 Å². The first-order chi connectivity index (χ1) is 16.6. The number of carbonyl (C=O) groups excluding carboxylic acids is 4. The van der Waals surface area contributed by atoms with Gasteiger partial charge < -0.3 is 15.5 Å². The average Bonchev–Trinajstić information content (AvgIpc) is 3.23. The lowest BCUT2D eigenvalue weighted by Crippen LogP contribution is -2.54. The van der Waals surface area contributed by atoms with Gasteiger partial charge in [-0.2, -0.15) is 0 Å². The van der Waals surface area contributed by atoms with Crippen molar-refractivity contribution in [3.8, 4) is 0 Å². The zero-order valence-corrected chi connectivity index (χ0v) is 19.3. The fourth-order valence-electron chi connectivity index (χ4n) is 4.66. The van der Waals surface area contributed by atoms with Gasteiger partial charge in [0.2, 0.25) is 11.8 Å². The molecule has 0 aromatic carbocycles. The molecule has 2 N–H and O–H groups in total. The molecule has 3 aliphatic rings. The van der Waals surface area contributed by atoms with Gasteiger partial charge in [0.25, 0.3) is 5.91 Å². The molecule has 1 saturated carbocycles. The minimum Gasteiger partial charge on any atom is -0.356 e. The summed E-state index contributed by atoms with van der Waals surface area (Å²) in [5.74, 6) is -4.26. The normalized spacial score (nSPS) is 25.0. The van der Waals surface area contributed by atoms with Crippen LogP contribution in [0.25, 0.3) is 0 Å². The van der Waals surface area contributed by atoms with Crippen LogP contribution >= 0.6 is 0 Å². The van der Waals surface area contributed by atoms with Crippen LogP contribution in [0.4, 0.5) is 26.3 Å². The van der Waals surface area contributed by atoms with Gasteiger partial charge >= 0.3 is 12.7 Å². The largest absolute Gasteiger partial charge is 0.523 e. The number of Topliss-reactive ketones (excluding diaryl/α,β-unsaturated/α-hetero) is 1. The van der Waals surface area contributed by atoms with Crippen LogP contribution in [0, 0.1) is 11.3 Å². The van der Waals surface area contributed by atoms with E-state index in [2.05, 4.69) is 20.1 Å². The molecule has 0 bridgehead atoms. The fourth-order valence-corrected chi connectivity index (χ4v) is 4.66. The minimum atomic E-state index is -5.10. The second-order valence-electron chi connectivity index (χ2n) is 9.42. The lowest BCUT2D eigenvalue weighted by molar-refractivity contribution is -0.339. The SMILES string of the molecule is CC[C@@H](OC(F)(F)F)C(=O)N1CC2(CC2)C[C@H]1C(=O)N[C@@H](C[C@@H]1CCNC1=O)C(=O)COC(F)(F)F. The number of ether oxygens (including phenoxy) is 2. The van der Waals surface area contributed by atoms with Crippen LogP contribution in [0.1, 0.15) is 45.4 Å². The molecule has 3 rings (SSSR count). The van der Waals surface area contributed by atoms with Gasteiger partial charge in [0.1, 0.15) is 18.8 Å². The van der Waals surface area contributed by atoms with Crippen molar-refractivity contribution in [3.05, 3.63) is 0 Å². The number of alkyl halides is 6. The number of carbonyl (C=O) groups is 4. The zero-order valence-electron chi connectivity index (χ0n) is 19.3. The first kappa shape index (κ1) is 28.2. The highest BCUT2D eigenvalue weighted by Crippen LogP contribution is 2.55. The highest BCUT2D eigenvalue weighted by Gasteiger charge is 2.56. The van der Waals surface area contributed by atoms with E-state index in [9.17, 15) is 45.5 Å². The van der Waals surface area contributed by atoms with Crippen molar-refractivity contribution in [1.82, 2.24) is 15.5 Å². The highest BCUT2D eigenvalue weighted by atomic mass is 19.4. The Morgan fingerprint density at radius 2 is 1.83 bits per heavy atom. The van der Waals surface area contributed by atoms with Crippen molar-refractivity contribution >= 4 is 23.5 Å². The summed E-state index contributed by atoms with van der Waals surface area (Å²) in [6.07, 6.45) is -11.0. The number of amides is 3. The predicted molar refractivity (Wildman–Crippen MR) is 108 cm³/mol. The van der Waals surface area contributed by atoms with Crippen LogP contribution < -0.4 is 10.6 Å². The molecule has 0 unspecified atom stereocenters. The predicted octanol–water partition coefficient (Wildman–Crippen LogP) is 1.80. The molecule has 15 heteroatoms. The topological polar surface area (TPSA) is 114 Å². The van der Waals surface area contributed by atoms with Crippen molar-refractivity contribution in [3.63, 3.8) is 0 Å². The summed E-state index contributed by atoms with van der Waals surface area (Å²) in [6, 6.07) is -2.78. The Labute approximate surface area is 202 Å².